The molecule has 0 spiro atoms. The van der Waals surface area contributed by atoms with Crippen molar-refractivity contribution in [3.8, 4) is 0 Å². The highest BCUT2D eigenvalue weighted by atomic mass is 127. The molecule has 0 unspecified atom stereocenters. The van der Waals surface area contributed by atoms with E-state index in [2.05, 4.69) is 20.9 Å². The molecule has 1 nitrogen and oxygen atoms in total. The zero-order valence-electron chi connectivity index (χ0n) is 6.20. The van der Waals surface area contributed by atoms with Gasteiger partial charge in [0.1, 0.15) is 3.70 Å². The summed E-state index contributed by atoms with van der Waals surface area (Å²) in [6, 6.07) is 1.54. The monoisotopic (exact) mass is 381 g/mol. The third-order valence-electron chi connectivity index (χ3n) is 1.40. The van der Waals surface area contributed by atoms with Crippen LogP contribution in [0.1, 0.15) is 17.7 Å². The minimum atomic E-state index is -2.55. The summed E-state index contributed by atoms with van der Waals surface area (Å²) in [6.07, 6.45) is -2.55. The Morgan fingerprint density at radius 1 is 1.62 bits per heavy atom. The van der Waals surface area contributed by atoms with Gasteiger partial charge >= 0.3 is 0 Å². The molecule has 72 valence electrons. The van der Waals surface area contributed by atoms with E-state index in [1.54, 1.807) is 0 Å². The zero-order valence-corrected chi connectivity index (χ0v) is 10.7. The molecule has 0 aromatic carbocycles. The second-order valence-corrected chi connectivity index (χ2v) is 4.45. The molecule has 6 heteroatoms. The first-order valence-corrected chi connectivity index (χ1v) is 5.65. The Labute approximate surface area is 101 Å². The largest absolute Gasteiger partial charge is 0.266 e. The summed E-state index contributed by atoms with van der Waals surface area (Å²) in [6.45, 7) is 0. The van der Waals surface area contributed by atoms with Gasteiger partial charge in [0.15, 0.2) is 0 Å². The Hall–Kier alpha value is 0.510. The predicted octanol–water partition coefficient (Wildman–Crippen LogP) is 4.13. The molecule has 0 saturated carbocycles. The number of hydrogen-bond acceptors (Lipinski definition) is 1. The SMILES string of the molecule is FC(F)c1c(Br)cc(I)nc1CCl. The van der Waals surface area contributed by atoms with Gasteiger partial charge in [-0.1, -0.05) is 15.9 Å². The van der Waals surface area contributed by atoms with Crippen LogP contribution < -0.4 is 0 Å². The van der Waals surface area contributed by atoms with Crippen molar-refractivity contribution in [1.82, 2.24) is 4.98 Å². The van der Waals surface area contributed by atoms with Crippen LogP contribution in [0.25, 0.3) is 0 Å². The van der Waals surface area contributed by atoms with Gasteiger partial charge in [0, 0.05) is 4.47 Å². The van der Waals surface area contributed by atoms with Gasteiger partial charge in [0.25, 0.3) is 6.43 Å². The van der Waals surface area contributed by atoms with E-state index in [1.807, 2.05) is 22.6 Å². The van der Waals surface area contributed by atoms with E-state index >= 15 is 0 Å². The van der Waals surface area contributed by atoms with E-state index < -0.39 is 6.43 Å². The fourth-order valence-corrected chi connectivity index (χ4v) is 2.73. The van der Waals surface area contributed by atoms with Crippen LogP contribution in [0.2, 0.25) is 0 Å². The summed E-state index contributed by atoms with van der Waals surface area (Å²) in [4.78, 5) is 3.92. The molecule has 0 aliphatic carbocycles. The standard InChI is InChI=1S/C7H4BrClF2IN/c8-3-1-5(12)13-4(2-9)6(3)7(10)11/h1,7H,2H2. The van der Waals surface area contributed by atoms with Crippen LogP contribution >= 0.6 is 50.1 Å². The molecule has 0 radical (unpaired) electrons. The van der Waals surface area contributed by atoms with Gasteiger partial charge in [-0.25, -0.2) is 13.8 Å². The van der Waals surface area contributed by atoms with Crippen molar-refractivity contribution in [2.24, 2.45) is 0 Å². The lowest BCUT2D eigenvalue weighted by molar-refractivity contribution is 0.149. The molecule has 0 N–H and O–H groups in total. The Kier molecular flexibility index (Phi) is 4.31. The molecule has 0 bridgehead atoms. The van der Waals surface area contributed by atoms with E-state index in [0.717, 1.165) is 0 Å². The number of nitrogens with zero attached hydrogens (tertiary/aromatic N) is 1. The summed E-state index contributed by atoms with van der Waals surface area (Å²) >= 11 is 10.5. The number of alkyl halides is 3. The van der Waals surface area contributed by atoms with E-state index in [-0.39, 0.29) is 17.1 Å². The average Bonchev–Trinajstić information content (AvgIpc) is 2.01. The van der Waals surface area contributed by atoms with Crippen LogP contribution in [0.15, 0.2) is 10.5 Å². The molecule has 1 rings (SSSR count). The number of rotatable bonds is 2. The van der Waals surface area contributed by atoms with Gasteiger partial charge in [-0.2, -0.15) is 0 Å². The lowest BCUT2D eigenvalue weighted by atomic mass is 10.2. The summed E-state index contributed by atoms with van der Waals surface area (Å²) in [5.41, 5.74) is 0.117. The molecule has 0 atom stereocenters. The maximum absolute atomic E-state index is 12.5. The minimum absolute atomic E-state index is 0.00485. The molecule has 0 fully saturated rings. The maximum atomic E-state index is 12.5. The van der Waals surface area contributed by atoms with Crippen molar-refractivity contribution in [2.45, 2.75) is 12.3 Å². The second-order valence-electron chi connectivity index (χ2n) is 2.22. The highest BCUT2D eigenvalue weighted by Crippen LogP contribution is 2.31. The van der Waals surface area contributed by atoms with Crippen molar-refractivity contribution in [3.05, 3.63) is 25.5 Å². The Balaban J connectivity index is 3.30. The first-order chi connectivity index (χ1) is 6.06. The third-order valence-corrected chi connectivity index (χ3v) is 2.86. The van der Waals surface area contributed by atoms with Crippen molar-refractivity contribution in [3.63, 3.8) is 0 Å². The second kappa shape index (κ2) is 4.84. The third kappa shape index (κ3) is 2.73. The fraction of sp³-hybridized carbons (Fsp3) is 0.286. The first-order valence-electron chi connectivity index (χ1n) is 3.25. The normalized spacial score (nSPS) is 10.9. The van der Waals surface area contributed by atoms with Gasteiger partial charge < -0.3 is 0 Å². The van der Waals surface area contributed by atoms with Gasteiger partial charge in [-0.15, -0.1) is 11.6 Å². The lowest BCUT2D eigenvalue weighted by Crippen LogP contribution is -1.99. The maximum Gasteiger partial charge on any atom is 0.266 e. The van der Waals surface area contributed by atoms with Gasteiger partial charge in [0.2, 0.25) is 0 Å². The van der Waals surface area contributed by atoms with Crippen molar-refractivity contribution in [2.75, 3.05) is 0 Å². The lowest BCUT2D eigenvalue weighted by Gasteiger charge is -2.08. The highest BCUT2D eigenvalue weighted by molar-refractivity contribution is 14.1. The predicted molar refractivity (Wildman–Crippen MR) is 59.2 cm³/mol. The quantitative estimate of drug-likeness (QED) is 0.426. The fourth-order valence-electron chi connectivity index (χ4n) is 0.874. The van der Waals surface area contributed by atoms with Crippen LogP contribution in [0.5, 0.6) is 0 Å². The summed E-state index contributed by atoms with van der Waals surface area (Å²) in [7, 11) is 0. The molecule has 0 aliphatic heterocycles. The van der Waals surface area contributed by atoms with Crippen molar-refractivity contribution >= 4 is 50.1 Å². The van der Waals surface area contributed by atoms with E-state index in [4.69, 9.17) is 11.6 Å². The first kappa shape index (κ1) is 11.6. The number of pyridine rings is 1. The Bertz CT molecular complexity index is 322. The van der Waals surface area contributed by atoms with Crippen LogP contribution in [0.4, 0.5) is 8.78 Å². The zero-order chi connectivity index (χ0) is 10.0. The highest BCUT2D eigenvalue weighted by Gasteiger charge is 2.18. The number of aromatic nitrogens is 1. The molecular formula is C7H4BrClF2IN. The van der Waals surface area contributed by atoms with Gasteiger partial charge in [-0.3, -0.25) is 0 Å². The van der Waals surface area contributed by atoms with Crippen LogP contribution in [-0.4, -0.2) is 4.98 Å². The molecule has 0 aliphatic rings. The minimum Gasteiger partial charge on any atom is -0.245 e. The smallest absolute Gasteiger partial charge is 0.245 e. The number of hydrogen-bond donors (Lipinski definition) is 0. The van der Waals surface area contributed by atoms with E-state index in [0.29, 0.717) is 8.17 Å². The van der Waals surface area contributed by atoms with Crippen molar-refractivity contribution < 1.29 is 8.78 Å². The van der Waals surface area contributed by atoms with Crippen LogP contribution in [-0.2, 0) is 5.88 Å². The summed E-state index contributed by atoms with van der Waals surface area (Å²) < 4.78 is 26.0. The Morgan fingerprint density at radius 2 is 2.23 bits per heavy atom. The van der Waals surface area contributed by atoms with Crippen molar-refractivity contribution in [1.29, 1.82) is 0 Å². The van der Waals surface area contributed by atoms with Crippen LogP contribution in [0, 0.1) is 3.70 Å². The molecular weight excluding hydrogens is 378 g/mol. The van der Waals surface area contributed by atoms with Gasteiger partial charge in [0.05, 0.1) is 17.1 Å². The molecule has 1 aromatic heterocycles. The Morgan fingerprint density at radius 3 is 2.69 bits per heavy atom. The molecule has 0 saturated heterocycles. The van der Waals surface area contributed by atoms with E-state index in [1.165, 1.54) is 6.07 Å². The molecule has 1 aromatic rings. The molecule has 1 heterocycles. The van der Waals surface area contributed by atoms with Crippen LogP contribution in [0.3, 0.4) is 0 Å². The van der Waals surface area contributed by atoms with E-state index in [9.17, 15) is 8.78 Å². The topological polar surface area (TPSA) is 12.9 Å². The average molecular weight is 382 g/mol. The number of halogens is 5. The summed E-state index contributed by atoms with van der Waals surface area (Å²) in [5, 5.41) is 0. The summed E-state index contributed by atoms with van der Waals surface area (Å²) in [5.74, 6) is -0.00485. The molecule has 0 amide bonds. The molecule has 13 heavy (non-hydrogen) atoms. The van der Waals surface area contributed by atoms with Gasteiger partial charge in [-0.05, 0) is 28.7 Å².